The largest absolute Gasteiger partial charge is 0.332 e. The summed E-state index contributed by atoms with van der Waals surface area (Å²) in [4.78, 5) is 31.0. The number of amides is 3. The monoisotopic (exact) mass is 481 g/mol. The fraction of sp³-hybridized carbons (Fsp3) is 0.333. The molecule has 0 aliphatic rings. The molecule has 0 bridgehead atoms. The molecule has 7 heteroatoms. The molecule has 0 atom stereocenters. The first-order valence-electron chi connectivity index (χ1n) is 11.4. The van der Waals surface area contributed by atoms with E-state index >= 15 is 0 Å². The van der Waals surface area contributed by atoms with Crippen LogP contribution in [0.15, 0.2) is 60.0 Å². The second kappa shape index (κ2) is 11.8. The maximum atomic E-state index is 13.5. The van der Waals surface area contributed by atoms with Crippen LogP contribution in [-0.4, -0.2) is 34.8 Å². The number of aryl methyl sites for hydroxylation is 2. The van der Waals surface area contributed by atoms with Gasteiger partial charge < -0.3 is 15.1 Å². The van der Waals surface area contributed by atoms with E-state index in [9.17, 15) is 14.0 Å². The third-order valence-corrected chi connectivity index (χ3v) is 6.42. The number of anilines is 1. The molecule has 0 spiro atoms. The van der Waals surface area contributed by atoms with Crippen molar-refractivity contribution in [3.8, 4) is 0 Å². The molecule has 0 aliphatic carbocycles. The van der Waals surface area contributed by atoms with E-state index in [1.807, 2.05) is 63.4 Å². The number of carbonyl (C=O) groups is 2. The third-order valence-electron chi connectivity index (χ3n) is 5.41. The van der Waals surface area contributed by atoms with Gasteiger partial charge in [0.2, 0.25) is 5.91 Å². The van der Waals surface area contributed by atoms with Gasteiger partial charge in [0, 0.05) is 23.7 Å². The summed E-state index contributed by atoms with van der Waals surface area (Å²) in [7, 11) is 0. The predicted octanol–water partition coefficient (Wildman–Crippen LogP) is 6.22. The van der Waals surface area contributed by atoms with Crippen molar-refractivity contribution in [3.05, 3.63) is 87.4 Å². The molecule has 5 nitrogen and oxygen atoms in total. The smallest absolute Gasteiger partial charge is 0.322 e. The van der Waals surface area contributed by atoms with Crippen LogP contribution in [0, 0.1) is 25.6 Å². The van der Waals surface area contributed by atoms with Gasteiger partial charge in [-0.3, -0.25) is 4.79 Å². The number of carbonyl (C=O) groups excluding carboxylic acids is 2. The van der Waals surface area contributed by atoms with Crippen molar-refractivity contribution < 1.29 is 14.0 Å². The maximum absolute atomic E-state index is 13.5. The number of thiophene rings is 1. The number of rotatable bonds is 9. The zero-order chi connectivity index (χ0) is 24.7. The van der Waals surface area contributed by atoms with E-state index in [2.05, 4.69) is 5.32 Å². The average molecular weight is 482 g/mol. The summed E-state index contributed by atoms with van der Waals surface area (Å²) in [6.07, 6.45) is 0. The van der Waals surface area contributed by atoms with E-state index < -0.39 is 0 Å². The minimum absolute atomic E-state index is 0.0402. The van der Waals surface area contributed by atoms with Crippen LogP contribution in [0.3, 0.4) is 0 Å². The first-order valence-corrected chi connectivity index (χ1v) is 12.3. The third kappa shape index (κ3) is 7.42. The van der Waals surface area contributed by atoms with Crippen molar-refractivity contribution >= 4 is 29.0 Å². The zero-order valence-electron chi connectivity index (χ0n) is 20.2. The standard InChI is InChI=1S/C27H32FN3O2S/c1-19(2)15-31(27(33)29-24-7-5-6-20(3)14-24)18-26(32)30(17-25-21(4)12-13-34-25)16-22-8-10-23(28)11-9-22/h5-14,19H,15-18H2,1-4H3,(H,29,33). The molecule has 2 aromatic carbocycles. The van der Waals surface area contributed by atoms with Gasteiger partial charge in [0.1, 0.15) is 12.4 Å². The summed E-state index contributed by atoms with van der Waals surface area (Å²) in [5, 5.41) is 4.93. The molecule has 1 aromatic heterocycles. The van der Waals surface area contributed by atoms with Crippen molar-refractivity contribution in [3.63, 3.8) is 0 Å². The molecule has 1 heterocycles. The summed E-state index contributed by atoms with van der Waals surface area (Å²) in [6, 6.07) is 15.5. The average Bonchev–Trinajstić information content (AvgIpc) is 3.18. The Morgan fingerprint density at radius 3 is 2.35 bits per heavy atom. The summed E-state index contributed by atoms with van der Waals surface area (Å²) in [5.41, 5.74) is 3.70. The number of urea groups is 1. The molecule has 34 heavy (non-hydrogen) atoms. The molecule has 0 radical (unpaired) electrons. The van der Waals surface area contributed by atoms with E-state index in [4.69, 9.17) is 0 Å². The van der Waals surface area contributed by atoms with Crippen LogP contribution in [0.1, 0.15) is 35.4 Å². The highest BCUT2D eigenvalue weighted by molar-refractivity contribution is 7.10. The van der Waals surface area contributed by atoms with Crippen molar-refractivity contribution in [1.29, 1.82) is 0 Å². The molecule has 0 unspecified atom stereocenters. The molecule has 0 saturated heterocycles. The second-order valence-corrected chi connectivity index (χ2v) is 9.98. The molecule has 0 saturated carbocycles. The van der Waals surface area contributed by atoms with Gasteiger partial charge in [0.25, 0.3) is 0 Å². The molecule has 3 aromatic rings. The zero-order valence-corrected chi connectivity index (χ0v) is 21.0. The van der Waals surface area contributed by atoms with Crippen molar-refractivity contribution in [1.82, 2.24) is 9.80 Å². The van der Waals surface area contributed by atoms with Crippen LogP contribution in [0.25, 0.3) is 0 Å². The van der Waals surface area contributed by atoms with Gasteiger partial charge in [0.15, 0.2) is 0 Å². The SMILES string of the molecule is Cc1cccc(NC(=O)N(CC(=O)N(Cc2ccc(F)cc2)Cc2sccc2C)CC(C)C)c1. The van der Waals surface area contributed by atoms with Gasteiger partial charge in [-0.15, -0.1) is 11.3 Å². The van der Waals surface area contributed by atoms with Gasteiger partial charge in [-0.05, 0) is 72.2 Å². The minimum atomic E-state index is -0.313. The summed E-state index contributed by atoms with van der Waals surface area (Å²) >= 11 is 1.60. The fourth-order valence-electron chi connectivity index (χ4n) is 3.63. The van der Waals surface area contributed by atoms with Crippen LogP contribution < -0.4 is 5.32 Å². The van der Waals surface area contributed by atoms with Crippen LogP contribution in [-0.2, 0) is 17.9 Å². The van der Waals surface area contributed by atoms with Crippen LogP contribution >= 0.6 is 11.3 Å². The van der Waals surface area contributed by atoms with Gasteiger partial charge in [-0.2, -0.15) is 0 Å². The molecule has 0 aliphatic heterocycles. The highest BCUT2D eigenvalue weighted by Gasteiger charge is 2.23. The lowest BCUT2D eigenvalue weighted by Gasteiger charge is -2.29. The minimum Gasteiger partial charge on any atom is -0.332 e. The number of nitrogens with zero attached hydrogens (tertiary/aromatic N) is 2. The van der Waals surface area contributed by atoms with E-state index in [1.54, 1.807) is 33.3 Å². The Balaban J connectivity index is 1.78. The predicted molar refractivity (Wildman–Crippen MR) is 136 cm³/mol. The second-order valence-electron chi connectivity index (χ2n) is 8.98. The Labute approximate surface area is 205 Å². The van der Waals surface area contributed by atoms with E-state index in [-0.39, 0.29) is 30.2 Å². The highest BCUT2D eigenvalue weighted by Crippen LogP contribution is 2.20. The Bertz CT molecular complexity index is 1110. The maximum Gasteiger partial charge on any atom is 0.322 e. The van der Waals surface area contributed by atoms with Gasteiger partial charge in [-0.1, -0.05) is 38.1 Å². The Morgan fingerprint density at radius 2 is 1.74 bits per heavy atom. The van der Waals surface area contributed by atoms with Gasteiger partial charge >= 0.3 is 6.03 Å². The van der Waals surface area contributed by atoms with Crippen molar-refractivity contribution in [2.45, 2.75) is 40.8 Å². The first-order chi connectivity index (χ1) is 16.2. The quantitative estimate of drug-likeness (QED) is 0.394. The Morgan fingerprint density at radius 1 is 1.00 bits per heavy atom. The lowest BCUT2D eigenvalue weighted by atomic mass is 10.2. The summed E-state index contributed by atoms with van der Waals surface area (Å²) in [5.74, 6) is -0.273. The van der Waals surface area contributed by atoms with E-state index in [1.165, 1.54) is 12.1 Å². The topological polar surface area (TPSA) is 52.7 Å². The van der Waals surface area contributed by atoms with E-state index in [0.29, 0.717) is 25.3 Å². The van der Waals surface area contributed by atoms with Gasteiger partial charge in [-0.25, -0.2) is 9.18 Å². The Hall–Kier alpha value is -3.19. The molecule has 1 N–H and O–H groups in total. The molecule has 0 fully saturated rings. The number of benzene rings is 2. The van der Waals surface area contributed by atoms with E-state index in [0.717, 1.165) is 21.6 Å². The van der Waals surface area contributed by atoms with Crippen LogP contribution in [0.5, 0.6) is 0 Å². The highest BCUT2D eigenvalue weighted by atomic mass is 32.1. The summed E-state index contributed by atoms with van der Waals surface area (Å²) in [6.45, 7) is 9.20. The lowest BCUT2D eigenvalue weighted by Crippen LogP contribution is -2.45. The Kier molecular flexibility index (Phi) is 8.82. The summed E-state index contributed by atoms with van der Waals surface area (Å²) < 4.78 is 13.4. The van der Waals surface area contributed by atoms with Crippen LogP contribution in [0.4, 0.5) is 14.9 Å². The van der Waals surface area contributed by atoms with Gasteiger partial charge in [0.05, 0.1) is 6.54 Å². The number of hydrogen-bond acceptors (Lipinski definition) is 3. The lowest BCUT2D eigenvalue weighted by molar-refractivity contribution is -0.133. The van der Waals surface area contributed by atoms with Crippen molar-refractivity contribution in [2.75, 3.05) is 18.4 Å². The molecular weight excluding hydrogens is 449 g/mol. The first kappa shape index (κ1) is 25.4. The normalized spacial score (nSPS) is 10.9. The van der Waals surface area contributed by atoms with Crippen molar-refractivity contribution in [2.24, 2.45) is 5.92 Å². The molecule has 180 valence electrons. The number of halogens is 1. The molecule has 3 rings (SSSR count). The molecule has 3 amide bonds. The van der Waals surface area contributed by atoms with Crippen LogP contribution in [0.2, 0.25) is 0 Å². The number of nitrogens with one attached hydrogen (secondary N) is 1. The fourth-order valence-corrected chi connectivity index (χ4v) is 4.55. The molecular formula is C27H32FN3O2S. The number of hydrogen-bond donors (Lipinski definition) is 1.